The molecule has 0 unspecified atom stereocenters. The van der Waals surface area contributed by atoms with Gasteiger partial charge in [0.2, 0.25) is 11.8 Å². The fourth-order valence-corrected chi connectivity index (χ4v) is 3.39. The van der Waals surface area contributed by atoms with Crippen molar-refractivity contribution in [2.45, 2.75) is 39.8 Å². The van der Waals surface area contributed by atoms with Gasteiger partial charge in [0.1, 0.15) is 5.56 Å². The zero-order valence-electron chi connectivity index (χ0n) is 16.7. The van der Waals surface area contributed by atoms with Crippen molar-refractivity contribution >= 4 is 35.9 Å². The number of carbonyl (C=O) groups excluding carboxylic acids is 1. The molecule has 30 heavy (non-hydrogen) atoms. The Morgan fingerprint density at radius 1 is 1.23 bits per heavy atom. The van der Waals surface area contributed by atoms with Crippen LogP contribution in [0.25, 0.3) is 0 Å². The van der Waals surface area contributed by atoms with Gasteiger partial charge in [-0.05, 0) is 63.2 Å². The molecule has 1 aliphatic rings. The van der Waals surface area contributed by atoms with Crippen molar-refractivity contribution in [2.24, 2.45) is 16.1 Å². The van der Waals surface area contributed by atoms with Gasteiger partial charge in [-0.3, -0.25) is 18.7 Å². The predicted octanol–water partition coefficient (Wildman–Crippen LogP) is 2.73. The van der Waals surface area contributed by atoms with E-state index in [9.17, 15) is 19.9 Å². The molecule has 3 N–H and O–H groups in total. The molecule has 1 aromatic heterocycles. The molecule has 3 rings (SSSR count). The summed E-state index contributed by atoms with van der Waals surface area (Å²) < 4.78 is 3.00. The number of benzene rings is 1. The summed E-state index contributed by atoms with van der Waals surface area (Å²) in [7, 11) is 0. The van der Waals surface area contributed by atoms with E-state index in [1.165, 1.54) is 9.13 Å². The first-order valence-electron chi connectivity index (χ1n) is 9.65. The van der Waals surface area contributed by atoms with Crippen LogP contribution in [0.15, 0.2) is 39.2 Å². The van der Waals surface area contributed by atoms with Crippen LogP contribution in [0.2, 0.25) is 0 Å². The van der Waals surface area contributed by atoms with Gasteiger partial charge in [0.25, 0.3) is 5.56 Å². The van der Waals surface area contributed by atoms with Gasteiger partial charge in [-0.1, -0.05) is 5.16 Å². The van der Waals surface area contributed by atoms with Crippen molar-refractivity contribution in [3.8, 4) is 5.88 Å². The number of oxime groups is 1. The number of aromatic nitrogens is 2. The van der Waals surface area contributed by atoms with Crippen molar-refractivity contribution in [1.29, 1.82) is 0 Å². The molecule has 0 bridgehead atoms. The molecule has 9 nitrogen and oxygen atoms in total. The molecule has 10 heteroatoms. The first-order chi connectivity index (χ1) is 14.4. The maximum absolute atomic E-state index is 12.6. The normalized spacial score (nSPS) is 14.3. The SMILES string of the molecule is CCn1c(O)c(C=NC(=NO)c2ccc(NC(=O)C3CC3)cc2)c(=O)n(CC)c1=S. The molecule has 1 aliphatic carbocycles. The van der Waals surface area contributed by atoms with E-state index in [2.05, 4.69) is 15.5 Å². The first-order valence-corrected chi connectivity index (χ1v) is 10.1. The Balaban J connectivity index is 1.88. The summed E-state index contributed by atoms with van der Waals surface area (Å²) in [6.45, 7) is 4.29. The number of anilines is 1. The van der Waals surface area contributed by atoms with E-state index in [4.69, 9.17) is 12.2 Å². The van der Waals surface area contributed by atoms with Crippen molar-refractivity contribution < 1.29 is 15.1 Å². The van der Waals surface area contributed by atoms with Crippen LogP contribution >= 0.6 is 12.2 Å². The lowest BCUT2D eigenvalue weighted by Gasteiger charge is -2.13. The van der Waals surface area contributed by atoms with Crippen LogP contribution < -0.4 is 10.9 Å². The number of amidine groups is 1. The maximum Gasteiger partial charge on any atom is 0.267 e. The number of hydrogen-bond acceptors (Lipinski definition) is 6. The highest BCUT2D eigenvalue weighted by molar-refractivity contribution is 7.71. The Kier molecular flexibility index (Phi) is 6.46. The van der Waals surface area contributed by atoms with Crippen LogP contribution in [0.1, 0.15) is 37.8 Å². The van der Waals surface area contributed by atoms with Crippen LogP contribution in [0.5, 0.6) is 5.88 Å². The molecular weight excluding hydrogens is 406 g/mol. The number of nitrogens with one attached hydrogen (secondary N) is 1. The standard InChI is InChI=1S/C20H23N5O4S/c1-3-24-18(27)15(19(28)25(4-2)20(24)30)11-21-16(23-29)12-7-9-14(10-8-12)22-17(26)13-5-6-13/h7-11,13,27,29H,3-6H2,1-2H3,(H,22,26). The summed E-state index contributed by atoms with van der Waals surface area (Å²) in [5, 5.41) is 25.8. The lowest BCUT2D eigenvalue weighted by molar-refractivity contribution is -0.117. The van der Waals surface area contributed by atoms with E-state index < -0.39 is 5.56 Å². The summed E-state index contributed by atoms with van der Waals surface area (Å²) in [5.41, 5.74) is 0.563. The zero-order valence-corrected chi connectivity index (χ0v) is 17.5. The molecule has 1 heterocycles. The smallest absolute Gasteiger partial charge is 0.267 e. The fourth-order valence-electron chi connectivity index (χ4n) is 2.96. The topological polar surface area (TPSA) is 121 Å². The van der Waals surface area contributed by atoms with E-state index in [0.29, 0.717) is 24.3 Å². The second kappa shape index (κ2) is 9.04. The summed E-state index contributed by atoms with van der Waals surface area (Å²) in [4.78, 5) is 28.6. The van der Waals surface area contributed by atoms with E-state index >= 15 is 0 Å². The molecule has 1 fully saturated rings. The average molecular weight is 430 g/mol. The molecular formula is C20H23N5O4S. The second-order valence-electron chi connectivity index (χ2n) is 6.84. The van der Waals surface area contributed by atoms with Crippen molar-refractivity contribution in [1.82, 2.24) is 9.13 Å². The highest BCUT2D eigenvalue weighted by Gasteiger charge is 2.29. The third kappa shape index (κ3) is 4.33. The lowest BCUT2D eigenvalue weighted by atomic mass is 10.2. The van der Waals surface area contributed by atoms with E-state index in [1.807, 2.05) is 0 Å². The van der Waals surface area contributed by atoms with Crippen LogP contribution in [0.3, 0.4) is 0 Å². The molecule has 0 radical (unpaired) electrons. The molecule has 0 atom stereocenters. The molecule has 158 valence electrons. The number of nitrogens with zero attached hydrogens (tertiary/aromatic N) is 4. The van der Waals surface area contributed by atoms with E-state index in [0.717, 1.165) is 19.1 Å². The minimum absolute atomic E-state index is 0.00564. The van der Waals surface area contributed by atoms with E-state index in [-0.39, 0.29) is 33.9 Å². The van der Waals surface area contributed by atoms with Crippen LogP contribution in [-0.2, 0) is 17.9 Å². The monoisotopic (exact) mass is 429 g/mol. The molecule has 0 aliphatic heterocycles. The zero-order chi connectivity index (χ0) is 21.8. The number of aromatic hydroxyl groups is 1. The van der Waals surface area contributed by atoms with Crippen LogP contribution in [0, 0.1) is 10.7 Å². The van der Waals surface area contributed by atoms with Gasteiger partial charge in [-0.25, -0.2) is 4.99 Å². The largest absolute Gasteiger partial charge is 0.494 e. The average Bonchev–Trinajstić information content (AvgIpc) is 3.58. The summed E-state index contributed by atoms with van der Waals surface area (Å²) >= 11 is 5.25. The lowest BCUT2D eigenvalue weighted by Crippen LogP contribution is -2.28. The third-order valence-corrected chi connectivity index (χ3v) is 5.28. The highest BCUT2D eigenvalue weighted by atomic mass is 32.1. The number of hydrogen-bond donors (Lipinski definition) is 3. The second-order valence-corrected chi connectivity index (χ2v) is 7.20. The number of rotatable bonds is 6. The van der Waals surface area contributed by atoms with E-state index in [1.54, 1.807) is 38.1 Å². The van der Waals surface area contributed by atoms with Crippen molar-refractivity contribution in [3.63, 3.8) is 0 Å². The van der Waals surface area contributed by atoms with Crippen LogP contribution in [0.4, 0.5) is 5.69 Å². The van der Waals surface area contributed by atoms with Gasteiger partial charge in [0.05, 0.1) is 0 Å². The minimum Gasteiger partial charge on any atom is -0.494 e. The third-order valence-electron chi connectivity index (χ3n) is 4.84. The Hall–Kier alpha value is -3.27. The van der Waals surface area contributed by atoms with Gasteiger partial charge in [0, 0.05) is 36.5 Å². The first kappa shape index (κ1) is 21.4. The maximum atomic E-state index is 12.6. The molecule has 1 aromatic carbocycles. The molecule has 1 amide bonds. The molecule has 0 spiro atoms. The number of aliphatic imine (C=N–C) groups is 1. The molecule has 2 aromatic rings. The molecule has 0 saturated heterocycles. The number of carbonyl (C=O) groups is 1. The van der Waals surface area contributed by atoms with Gasteiger partial charge in [0.15, 0.2) is 10.6 Å². The van der Waals surface area contributed by atoms with Gasteiger partial charge < -0.3 is 15.6 Å². The van der Waals surface area contributed by atoms with Gasteiger partial charge >= 0.3 is 0 Å². The predicted molar refractivity (Wildman–Crippen MR) is 116 cm³/mol. The van der Waals surface area contributed by atoms with Crippen molar-refractivity contribution in [3.05, 3.63) is 50.5 Å². The Labute approximate surface area is 178 Å². The Bertz CT molecular complexity index is 1130. The number of amides is 1. The van der Waals surface area contributed by atoms with Gasteiger partial charge in [-0.15, -0.1) is 0 Å². The minimum atomic E-state index is -0.483. The van der Waals surface area contributed by atoms with Crippen LogP contribution in [-0.4, -0.2) is 37.4 Å². The highest BCUT2D eigenvalue weighted by Crippen LogP contribution is 2.30. The Morgan fingerprint density at radius 3 is 2.40 bits per heavy atom. The van der Waals surface area contributed by atoms with Crippen molar-refractivity contribution in [2.75, 3.05) is 5.32 Å². The van der Waals surface area contributed by atoms with Gasteiger partial charge in [-0.2, -0.15) is 0 Å². The Morgan fingerprint density at radius 2 is 1.87 bits per heavy atom. The quantitative estimate of drug-likeness (QED) is 0.214. The summed E-state index contributed by atoms with van der Waals surface area (Å²) in [5.74, 6) is -0.260. The molecule has 1 saturated carbocycles. The summed E-state index contributed by atoms with van der Waals surface area (Å²) in [6, 6.07) is 6.62. The summed E-state index contributed by atoms with van der Waals surface area (Å²) in [6.07, 6.45) is 2.98. The fraction of sp³-hybridized carbons (Fsp3) is 0.350.